The predicted octanol–water partition coefficient (Wildman–Crippen LogP) is 5.38. The van der Waals surface area contributed by atoms with Gasteiger partial charge in [0.05, 0.1) is 0 Å². The highest BCUT2D eigenvalue weighted by Crippen LogP contribution is 2.29. The minimum absolute atomic E-state index is 0.163. The summed E-state index contributed by atoms with van der Waals surface area (Å²) in [6, 6.07) is 17.8. The van der Waals surface area contributed by atoms with Crippen LogP contribution in [0.2, 0.25) is 0 Å². The molecule has 0 fully saturated rings. The van der Waals surface area contributed by atoms with Crippen LogP contribution >= 0.6 is 23.1 Å². The molecule has 0 radical (unpaired) electrons. The molecule has 26 heavy (non-hydrogen) atoms. The van der Waals surface area contributed by atoms with E-state index < -0.39 is 0 Å². The van der Waals surface area contributed by atoms with Crippen molar-refractivity contribution in [2.45, 2.75) is 36.3 Å². The summed E-state index contributed by atoms with van der Waals surface area (Å²) in [5, 5.41) is 11.5. The van der Waals surface area contributed by atoms with Crippen molar-refractivity contribution in [1.82, 2.24) is 10.2 Å². The van der Waals surface area contributed by atoms with Crippen LogP contribution in [-0.2, 0) is 11.2 Å². The molecule has 0 unspecified atom stereocenters. The fourth-order valence-electron chi connectivity index (χ4n) is 2.32. The topological polar surface area (TPSA) is 54.9 Å². The van der Waals surface area contributed by atoms with E-state index in [9.17, 15) is 4.79 Å². The number of anilines is 1. The fraction of sp³-hybridized carbons (Fsp3) is 0.250. The Labute approximate surface area is 162 Å². The Kier molecular flexibility index (Phi) is 5.74. The van der Waals surface area contributed by atoms with Gasteiger partial charge in [0.25, 0.3) is 5.91 Å². The van der Waals surface area contributed by atoms with Gasteiger partial charge in [-0.1, -0.05) is 86.3 Å². The molecule has 0 spiro atoms. The molecule has 0 aliphatic carbocycles. The van der Waals surface area contributed by atoms with Crippen LogP contribution in [0.4, 0.5) is 5.13 Å². The Balaban J connectivity index is 1.56. The molecule has 3 rings (SSSR count). The first-order chi connectivity index (χ1) is 12.4. The number of carbonyl (C=O) groups excluding carboxylic acids is 1. The molecule has 0 bridgehead atoms. The predicted molar refractivity (Wildman–Crippen MR) is 109 cm³/mol. The molecule has 3 aromatic rings. The number of thioether (sulfide) groups is 1. The van der Waals surface area contributed by atoms with Crippen molar-refractivity contribution >= 4 is 34.1 Å². The molecule has 0 aliphatic rings. The van der Waals surface area contributed by atoms with Crippen LogP contribution in [0.5, 0.6) is 0 Å². The van der Waals surface area contributed by atoms with Gasteiger partial charge in [0, 0.05) is 11.3 Å². The van der Waals surface area contributed by atoms with Crippen molar-refractivity contribution in [3.8, 4) is 0 Å². The molecule has 0 aliphatic heterocycles. The van der Waals surface area contributed by atoms with Crippen LogP contribution in [-0.4, -0.2) is 16.1 Å². The van der Waals surface area contributed by atoms with Crippen molar-refractivity contribution in [2.24, 2.45) is 0 Å². The number of hydrogen-bond acceptors (Lipinski definition) is 5. The third-order valence-corrected chi connectivity index (χ3v) is 5.89. The zero-order chi connectivity index (χ0) is 18.6. The fourth-order valence-corrected chi connectivity index (χ4v) is 4.03. The van der Waals surface area contributed by atoms with Gasteiger partial charge in [-0.25, -0.2) is 0 Å². The molecule has 1 aromatic heterocycles. The highest BCUT2D eigenvalue weighted by Gasteiger charge is 2.13. The number of hydrogen-bond donors (Lipinski definition) is 1. The molecule has 2 aromatic carbocycles. The summed E-state index contributed by atoms with van der Waals surface area (Å²) in [4.78, 5) is 12.1. The highest BCUT2D eigenvalue weighted by molar-refractivity contribution is 8.00. The molecule has 1 N–H and O–H groups in total. The molecule has 0 atom stereocenters. The van der Waals surface area contributed by atoms with Crippen molar-refractivity contribution in [3.63, 3.8) is 0 Å². The van der Waals surface area contributed by atoms with E-state index in [4.69, 9.17) is 0 Å². The lowest BCUT2D eigenvalue weighted by Gasteiger charge is -2.19. The van der Waals surface area contributed by atoms with Crippen LogP contribution < -0.4 is 5.32 Å². The van der Waals surface area contributed by atoms with Gasteiger partial charge >= 0.3 is 0 Å². The minimum Gasteiger partial charge on any atom is -0.296 e. The number of nitrogens with zero attached hydrogens (tertiary/aromatic N) is 2. The number of amides is 1. The average molecular weight is 384 g/mol. The van der Waals surface area contributed by atoms with E-state index in [-0.39, 0.29) is 11.3 Å². The minimum atomic E-state index is -0.170. The number of aromatic nitrogens is 2. The summed E-state index contributed by atoms with van der Waals surface area (Å²) >= 11 is 3.02. The van der Waals surface area contributed by atoms with Crippen LogP contribution in [0.1, 0.15) is 42.3 Å². The molecule has 4 nitrogen and oxygen atoms in total. The van der Waals surface area contributed by atoms with Gasteiger partial charge in [-0.2, -0.15) is 0 Å². The van der Waals surface area contributed by atoms with E-state index >= 15 is 0 Å². The standard InChI is InChI=1S/C20H21N3OS2/c1-20(2,3)16-11-9-14(10-12-16)13-25-19-23-22-18(26-19)21-17(24)15-7-5-4-6-8-15/h4-12H,13H2,1-3H3,(H,21,22,24). The van der Waals surface area contributed by atoms with Gasteiger partial charge < -0.3 is 0 Å². The Bertz CT molecular complexity index is 868. The first kappa shape index (κ1) is 18.6. The van der Waals surface area contributed by atoms with Crippen molar-refractivity contribution in [3.05, 3.63) is 71.3 Å². The van der Waals surface area contributed by atoms with Crippen molar-refractivity contribution in [2.75, 3.05) is 5.32 Å². The van der Waals surface area contributed by atoms with Gasteiger partial charge in [-0.05, 0) is 28.7 Å². The summed E-state index contributed by atoms with van der Waals surface area (Å²) in [6.07, 6.45) is 0. The zero-order valence-corrected chi connectivity index (χ0v) is 16.7. The molecule has 134 valence electrons. The first-order valence-electron chi connectivity index (χ1n) is 8.34. The molecular weight excluding hydrogens is 362 g/mol. The molecular formula is C20H21N3OS2. The Hall–Kier alpha value is -2.18. The summed E-state index contributed by atoms with van der Waals surface area (Å²) in [5.41, 5.74) is 3.34. The molecule has 6 heteroatoms. The monoisotopic (exact) mass is 383 g/mol. The summed E-state index contributed by atoms with van der Waals surface area (Å²) in [6.45, 7) is 6.63. The Morgan fingerprint density at radius 2 is 1.73 bits per heavy atom. The van der Waals surface area contributed by atoms with Gasteiger partial charge in [0.2, 0.25) is 5.13 Å². The van der Waals surface area contributed by atoms with Gasteiger partial charge in [-0.15, -0.1) is 10.2 Å². The van der Waals surface area contributed by atoms with Crippen molar-refractivity contribution < 1.29 is 4.79 Å². The van der Waals surface area contributed by atoms with E-state index in [1.165, 1.54) is 22.5 Å². The maximum atomic E-state index is 12.1. The lowest BCUT2D eigenvalue weighted by molar-refractivity contribution is 0.102. The van der Waals surface area contributed by atoms with E-state index in [2.05, 4.69) is 60.6 Å². The van der Waals surface area contributed by atoms with Crippen LogP contribution in [0.25, 0.3) is 0 Å². The number of benzene rings is 2. The van der Waals surface area contributed by atoms with Gasteiger partial charge in [0.15, 0.2) is 4.34 Å². The quantitative estimate of drug-likeness (QED) is 0.475. The number of rotatable bonds is 5. The maximum Gasteiger partial charge on any atom is 0.257 e. The third-order valence-electron chi connectivity index (χ3n) is 3.85. The Morgan fingerprint density at radius 1 is 1.04 bits per heavy atom. The smallest absolute Gasteiger partial charge is 0.257 e. The normalized spacial score (nSPS) is 11.3. The zero-order valence-electron chi connectivity index (χ0n) is 15.0. The largest absolute Gasteiger partial charge is 0.296 e. The SMILES string of the molecule is CC(C)(C)c1ccc(CSc2nnc(NC(=O)c3ccccc3)s2)cc1. The van der Waals surface area contributed by atoms with E-state index in [0.29, 0.717) is 10.7 Å². The summed E-state index contributed by atoms with van der Waals surface area (Å²) in [5.74, 6) is 0.655. The molecule has 1 amide bonds. The maximum absolute atomic E-state index is 12.1. The average Bonchev–Trinajstić information content (AvgIpc) is 3.08. The highest BCUT2D eigenvalue weighted by atomic mass is 32.2. The first-order valence-corrected chi connectivity index (χ1v) is 10.1. The lowest BCUT2D eigenvalue weighted by atomic mass is 9.87. The summed E-state index contributed by atoms with van der Waals surface area (Å²) in [7, 11) is 0. The van der Waals surface area contributed by atoms with E-state index in [1.807, 2.05) is 18.2 Å². The van der Waals surface area contributed by atoms with E-state index in [0.717, 1.165) is 10.1 Å². The van der Waals surface area contributed by atoms with Gasteiger partial charge in [0.1, 0.15) is 0 Å². The third kappa shape index (κ3) is 4.93. The number of carbonyl (C=O) groups is 1. The lowest BCUT2D eigenvalue weighted by Crippen LogP contribution is -2.11. The summed E-state index contributed by atoms with van der Waals surface area (Å²) < 4.78 is 0.841. The second-order valence-corrected chi connectivity index (χ2v) is 9.13. The van der Waals surface area contributed by atoms with Crippen LogP contribution in [0.15, 0.2) is 58.9 Å². The number of nitrogens with one attached hydrogen (secondary N) is 1. The second kappa shape index (κ2) is 8.01. The Morgan fingerprint density at radius 3 is 2.38 bits per heavy atom. The van der Waals surface area contributed by atoms with Crippen LogP contribution in [0, 0.1) is 0 Å². The molecule has 1 heterocycles. The van der Waals surface area contributed by atoms with Crippen molar-refractivity contribution in [1.29, 1.82) is 0 Å². The van der Waals surface area contributed by atoms with E-state index in [1.54, 1.807) is 23.9 Å². The molecule has 0 saturated carbocycles. The second-order valence-electron chi connectivity index (χ2n) is 6.93. The molecule has 0 saturated heterocycles. The van der Waals surface area contributed by atoms with Crippen LogP contribution in [0.3, 0.4) is 0 Å². The van der Waals surface area contributed by atoms with Gasteiger partial charge in [-0.3, -0.25) is 10.1 Å².